The Morgan fingerprint density at radius 2 is 1.75 bits per heavy atom. The van der Waals surface area contributed by atoms with Crippen molar-refractivity contribution in [2.45, 2.75) is 31.1 Å². The van der Waals surface area contributed by atoms with E-state index in [2.05, 4.69) is 17.1 Å². The maximum atomic E-state index is 10.2. The maximum Gasteiger partial charge on any atom is 0.293 e. The zero-order valence-corrected chi connectivity index (χ0v) is 14.0. The minimum absolute atomic E-state index is 0.104. The van der Waals surface area contributed by atoms with Crippen LogP contribution in [-0.4, -0.2) is 26.0 Å². The van der Waals surface area contributed by atoms with E-state index >= 15 is 0 Å². The van der Waals surface area contributed by atoms with Gasteiger partial charge in [-0.3, -0.25) is 0 Å². The van der Waals surface area contributed by atoms with E-state index in [1.54, 1.807) is 0 Å². The van der Waals surface area contributed by atoms with E-state index in [1.807, 2.05) is 37.3 Å². The molecule has 0 amide bonds. The third-order valence-electron chi connectivity index (χ3n) is 5.69. The van der Waals surface area contributed by atoms with Crippen LogP contribution in [0.1, 0.15) is 25.3 Å². The molecule has 1 aromatic carbocycles. The van der Waals surface area contributed by atoms with Crippen molar-refractivity contribution in [1.29, 1.82) is 10.5 Å². The van der Waals surface area contributed by atoms with Gasteiger partial charge in [0.25, 0.3) is 5.91 Å². The number of ether oxygens (including phenoxy) is 2. The number of benzene rings is 1. The highest BCUT2D eigenvalue weighted by Gasteiger charge is 3.00. The summed E-state index contributed by atoms with van der Waals surface area (Å²) in [6.07, 6.45) is 1.38. The lowest BCUT2D eigenvalue weighted by Gasteiger charge is -2.33. The van der Waals surface area contributed by atoms with Gasteiger partial charge >= 0.3 is 0 Å². The second-order valence-electron chi connectivity index (χ2n) is 6.23. The fourth-order valence-electron chi connectivity index (χ4n) is 4.89. The van der Waals surface area contributed by atoms with Crippen molar-refractivity contribution >= 4 is 5.84 Å². The summed E-state index contributed by atoms with van der Waals surface area (Å²) in [5.41, 5.74) is 3.68. The van der Waals surface area contributed by atoms with Crippen LogP contribution in [0.4, 0.5) is 0 Å². The number of rotatable bonds is 5. The second kappa shape index (κ2) is 5.04. The van der Waals surface area contributed by atoms with Gasteiger partial charge in [0, 0.05) is 14.2 Å². The molecule has 1 aliphatic heterocycles. The molecule has 1 aliphatic carbocycles. The van der Waals surface area contributed by atoms with Gasteiger partial charge in [0.15, 0.2) is 10.8 Å². The molecule has 0 saturated heterocycles. The molecule has 0 unspecified atom stereocenters. The number of nitrogens with zero attached hydrogens (tertiary/aromatic N) is 3. The van der Waals surface area contributed by atoms with Gasteiger partial charge in [-0.2, -0.15) is 10.5 Å². The first-order valence-corrected chi connectivity index (χ1v) is 7.88. The Bertz CT molecular complexity index is 774. The van der Waals surface area contributed by atoms with E-state index in [1.165, 1.54) is 14.2 Å². The highest BCUT2D eigenvalue weighted by molar-refractivity contribution is 6.02. The number of aliphatic imine (C=N–C) groups is 1. The van der Waals surface area contributed by atoms with Crippen molar-refractivity contribution in [3.63, 3.8) is 0 Å². The van der Waals surface area contributed by atoms with Crippen LogP contribution < -0.4 is 5.73 Å². The molecule has 0 spiro atoms. The van der Waals surface area contributed by atoms with Crippen molar-refractivity contribution in [2.24, 2.45) is 21.6 Å². The number of hydrogen-bond acceptors (Lipinski definition) is 6. The minimum atomic E-state index is -1.59. The fourth-order valence-corrected chi connectivity index (χ4v) is 4.89. The van der Waals surface area contributed by atoms with Crippen LogP contribution >= 0.6 is 0 Å². The quantitative estimate of drug-likeness (QED) is 0.835. The molecule has 0 radical (unpaired) electrons. The van der Waals surface area contributed by atoms with Gasteiger partial charge in [0.05, 0.1) is 17.6 Å². The standard InChI is InChI=1S/C18H20N4O2/c1-4-10-15(13-8-6-5-7-9-13)16(11-19)14(21)22-18(23-2,24-3)17(15,16)12-20/h5-9H,4,10H2,1-3H3,(H2,21,22)/t15-,16-,17+/m0/s1. The molecule has 2 aliphatic rings. The van der Waals surface area contributed by atoms with Crippen molar-refractivity contribution in [3.8, 4) is 12.1 Å². The molecule has 2 N–H and O–H groups in total. The van der Waals surface area contributed by atoms with Crippen LogP contribution in [0.25, 0.3) is 0 Å². The van der Waals surface area contributed by atoms with Crippen LogP contribution in [-0.2, 0) is 14.9 Å². The molecule has 6 heteroatoms. The first-order chi connectivity index (χ1) is 11.5. The molecule has 24 heavy (non-hydrogen) atoms. The number of fused-ring (bicyclic) bond motifs is 1. The molecule has 3 rings (SSSR count). The Kier molecular flexibility index (Phi) is 3.46. The molecule has 0 bridgehead atoms. The van der Waals surface area contributed by atoms with Crippen molar-refractivity contribution < 1.29 is 9.47 Å². The van der Waals surface area contributed by atoms with Crippen molar-refractivity contribution in [2.75, 3.05) is 14.2 Å². The Morgan fingerprint density at radius 1 is 1.12 bits per heavy atom. The normalized spacial score (nSPS) is 35.5. The molecule has 1 saturated carbocycles. The molecule has 124 valence electrons. The van der Waals surface area contributed by atoms with E-state index in [0.717, 1.165) is 12.0 Å². The molecule has 1 heterocycles. The largest absolute Gasteiger partial charge is 0.386 e. The summed E-state index contributed by atoms with van der Waals surface area (Å²) < 4.78 is 11.1. The predicted molar refractivity (Wildman–Crippen MR) is 87.5 cm³/mol. The van der Waals surface area contributed by atoms with Crippen molar-refractivity contribution in [3.05, 3.63) is 35.9 Å². The number of hydrogen-bond donors (Lipinski definition) is 1. The smallest absolute Gasteiger partial charge is 0.293 e. The zero-order valence-electron chi connectivity index (χ0n) is 14.0. The van der Waals surface area contributed by atoms with Gasteiger partial charge in [0.1, 0.15) is 5.84 Å². The Balaban J connectivity index is 2.39. The van der Waals surface area contributed by atoms with E-state index in [4.69, 9.17) is 15.2 Å². The van der Waals surface area contributed by atoms with E-state index in [0.29, 0.717) is 6.42 Å². The van der Waals surface area contributed by atoms with Crippen LogP contribution in [0.3, 0.4) is 0 Å². The molecule has 0 aromatic heterocycles. The van der Waals surface area contributed by atoms with Gasteiger partial charge in [0.2, 0.25) is 0 Å². The molecule has 6 nitrogen and oxygen atoms in total. The van der Waals surface area contributed by atoms with Gasteiger partial charge in [-0.25, -0.2) is 4.99 Å². The fraction of sp³-hybridized carbons (Fsp3) is 0.500. The lowest BCUT2D eigenvalue weighted by molar-refractivity contribution is -0.234. The lowest BCUT2D eigenvalue weighted by atomic mass is 9.79. The Hall–Kier alpha value is -2.41. The van der Waals surface area contributed by atoms with Crippen LogP contribution in [0, 0.1) is 33.5 Å². The van der Waals surface area contributed by atoms with Crippen LogP contribution in [0.5, 0.6) is 0 Å². The summed E-state index contributed by atoms with van der Waals surface area (Å²) in [6.45, 7) is 2.02. The van der Waals surface area contributed by atoms with Gasteiger partial charge in [-0.05, 0) is 12.0 Å². The summed E-state index contributed by atoms with van der Waals surface area (Å²) >= 11 is 0. The third-order valence-corrected chi connectivity index (χ3v) is 5.69. The monoisotopic (exact) mass is 324 g/mol. The Labute approximate surface area is 141 Å². The number of nitriles is 2. The predicted octanol–water partition coefficient (Wildman–Crippen LogP) is 2.08. The summed E-state index contributed by atoms with van der Waals surface area (Å²) in [7, 11) is 2.85. The van der Waals surface area contributed by atoms with Crippen LogP contribution in [0.2, 0.25) is 0 Å². The number of amidine groups is 1. The molecule has 3 atom stereocenters. The van der Waals surface area contributed by atoms with Crippen LogP contribution in [0.15, 0.2) is 35.3 Å². The highest BCUT2D eigenvalue weighted by Crippen LogP contribution is 2.86. The van der Waals surface area contributed by atoms with Gasteiger partial charge in [-0.1, -0.05) is 43.7 Å². The SMILES string of the molecule is CCC[C@]1(c2ccccc2)[C@]2(C#N)C(N)=NC(OC)(OC)[C@@]21C#N. The third kappa shape index (κ3) is 1.28. The second-order valence-corrected chi connectivity index (χ2v) is 6.23. The summed E-state index contributed by atoms with van der Waals surface area (Å²) in [5, 5.41) is 20.3. The average Bonchev–Trinajstić information content (AvgIpc) is 3.09. The van der Waals surface area contributed by atoms with Gasteiger partial charge in [-0.15, -0.1) is 0 Å². The average molecular weight is 324 g/mol. The topological polar surface area (TPSA) is 104 Å². The number of methoxy groups -OCH3 is 2. The summed E-state index contributed by atoms with van der Waals surface area (Å²) in [6, 6.07) is 14.2. The lowest BCUT2D eigenvalue weighted by Crippen LogP contribution is -2.45. The molecule has 1 aromatic rings. The summed E-state index contributed by atoms with van der Waals surface area (Å²) in [4.78, 5) is 4.28. The molecular weight excluding hydrogens is 304 g/mol. The van der Waals surface area contributed by atoms with Gasteiger partial charge < -0.3 is 15.2 Å². The maximum absolute atomic E-state index is 10.2. The van der Waals surface area contributed by atoms with E-state index < -0.39 is 22.2 Å². The summed E-state index contributed by atoms with van der Waals surface area (Å²) in [5.74, 6) is -1.49. The minimum Gasteiger partial charge on any atom is -0.386 e. The molecular formula is C18H20N4O2. The highest BCUT2D eigenvalue weighted by atomic mass is 16.7. The van der Waals surface area contributed by atoms with E-state index in [9.17, 15) is 10.5 Å². The van der Waals surface area contributed by atoms with E-state index in [-0.39, 0.29) is 5.84 Å². The first-order valence-electron chi connectivity index (χ1n) is 7.88. The van der Waals surface area contributed by atoms with Crippen molar-refractivity contribution in [1.82, 2.24) is 0 Å². The number of nitrogens with two attached hydrogens (primary N) is 1. The Morgan fingerprint density at radius 3 is 2.21 bits per heavy atom. The first kappa shape index (κ1) is 16.4. The zero-order chi connectivity index (χ0) is 17.6. The molecule has 1 fully saturated rings.